The summed E-state index contributed by atoms with van der Waals surface area (Å²) in [5, 5.41) is 5.20. The fourth-order valence-electron chi connectivity index (χ4n) is 2.23. The molecule has 0 spiro atoms. The topological polar surface area (TPSA) is 93.1 Å². The van der Waals surface area contributed by atoms with Gasteiger partial charge < -0.3 is 5.32 Å². The number of thiophene rings is 1. The number of aryl methyl sites for hydroxylation is 1. The summed E-state index contributed by atoms with van der Waals surface area (Å²) in [6.45, 7) is 9.87. The van der Waals surface area contributed by atoms with Gasteiger partial charge in [0.25, 0.3) is 5.56 Å². The van der Waals surface area contributed by atoms with Crippen LogP contribution in [0.15, 0.2) is 28.7 Å². The van der Waals surface area contributed by atoms with Crippen molar-refractivity contribution in [1.82, 2.24) is 20.2 Å². The van der Waals surface area contributed by atoms with E-state index in [-0.39, 0.29) is 5.56 Å². The van der Waals surface area contributed by atoms with Gasteiger partial charge in [0.05, 0.1) is 10.6 Å². The van der Waals surface area contributed by atoms with Crippen molar-refractivity contribution in [2.75, 3.05) is 6.54 Å². The monoisotopic (exact) mass is 394 g/mol. The molecule has 2 aromatic heterocycles. The molecule has 0 aliphatic carbocycles. The number of fused-ring (bicyclic) bond motifs is 1. The molecule has 2 aromatic rings. The van der Waals surface area contributed by atoms with Crippen molar-refractivity contribution in [3.63, 3.8) is 0 Å². The van der Waals surface area contributed by atoms with Crippen LogP contribution in [0.2, 0.25) is 0 Å². The Bertz CT molecular complexity index is 888. The van der Waals surface area contributed by atoms with E-state index >= 15 is 0 Å². The lowest BCUT2D eigenvalue weighted by Gasteiger charge is -2.14. The van der Waals surface area contributed by atoms with E-state index < -0.39 is 17.2 Å². The van der Waals surface area contributed by atoms with E-state index in [1.165, 1.54) is 15.9 Å². The quantitative estimate of drug-likeness (QED) is 0.428. The SMILES string of the molecule is C=CCn1c(S[C@@H](C)C(=O)NC(=O)NCC)nc2sc(CC)cc2c1=O. The zero-order valence-electron chi connectivity index (χ0n) is 15.0. The molecule has 0 saturated heterocycles. The average Bonchev–Trinajstić information content (AvgIpc) is 3.01. The Morgan fingerprint density at radius 1 is 1.46 bits per heavy atom. The number of hydrogen-bond donors (Lipinski definition) is 2. The van der Waals surface area contributed by atoms with Crippen molar-refractivity contribution in [2.24, 2.45) is 0 Å². The molecule has 2 rings (SSSR count). The van der Waals surface area contributed by atoms with Crippen LogP contribution in [-0.4, -0.2) is 33.3 Å². The molecule has 0 aromatic carbocycles. The van der Waals surface area contributed by atoms with E-state index in [0.717, 1.165) is 23.1 Å². The summed E-state index contributed by atoms with van der Waals surface area (Å²) in [4.78, 5) is 42.8. The highest BCUT2D eigenvalue weighted by molar-refractivity contribution is 8.00. The summed E-state index contributed by atoms with van der Waals surface area (Å²) in [5.41, 5.74) is -0.148. The number of urea groups is 1. The van der Waals surface area contributed by atoms with Crippen molar-refractivity contribution < 1.29 is 9.59 Å². The molecule has 140 valence electrons. The van der Waals surface area contributed by atoms with Crippen molar-refractivity contribution in [2.45, 2.75) is 44.1 Å². The summed E-state index contributed by atoms with van der Waals surface area (Å²) in [7, 11) is 0. The van der Waals surface area contributed by atoms with Crippen LogP contribution in [0.3, 0.4) is 0 Å². The summed E-state index contributed by atoms with van der Waals surface area (Å²) in [5.74, 6) is -0.444. The number of carbonyl (C=O) groups excluding carboxylic acids is 2. The molecule has 0 unspecified atom stereocenters. The molecule has 2 heterocycles. The van der Waals surface area contributed by atoms with Gasteiger partial charge >= 0.3 is 6.03 Å². The zero-order valence-corrected chi connectivity index (χ0v) is 16.6. The Labute approximate surface area is 159 Å². The predicted octanol–water partition coefficient (Wildman–Crippen LogP) is 2.53. The number of hydrogen-bond acceptors (Lipinski definition) is 6. The van der Waals surface area contributed by atoms with Gasteiger partial charge in [0, 0.05) is 18.0 Å². The van der Waals surface area contributed by atoms with Crippen LogP contribution in [0, 0.1) is 0 Å². The van der Waals surface area contributed by atoms with E-state index in [9.17, 15) is 14.4 Å². The fourth-order valence-corrected chi connectivity index (χ4v) is 4.16. The minimum Gasteiger partial charge on any atom is -0.338 e. The Kier molecular flexibility index (Phi) is 6.98. The molecule has 7 nitrogen and oxygen atoms in total. The molecule has 0 saturated carbocycles. The Morgan fingerprint density at radius 3 is 2.81 bits per heavy atom. The van der Waals surface area contributed by atoms with Crippen LogP contribution < -0.4 is 16.2 Å². The molecular formula is C17H22N4O3S2. The first kappa shape index (κ1) is 20.2. The molecule has 9 heteroatoms. The zero-order chi connectivity index (χ0) is 19.3. The third kappa shape index (κ3) is 4.53. The van der Waals surface area contributed by atoms with Gasteiger partial charge in [0.2, 0.25) is 5.91 Å². The van der Waals surface area contributed by atoms with E-state index in [4.69, 9.17) is 0 Å². The second-order valence-corrected chi connectivity index (χ2v) is 7.92. The Balaban J connectivity index is 2.33. The molecule has 0 bridgehead atoms. The lowest BCUT2D eigenvalue weighted by Crippen LogP contribution is -2.42. The highest BCUT2D eigenvalue weighted by Crippen LogP contribution is 2.27. The number of amides is 3. The maximum atomic E-state index is 12.8. The third-order valence-electron chi connectivity index (χ3n) is 3.55. The number of nitrogens with zero attached hydrogens (tertiary/aromatic N) is 2. The van der Waals surface area contributed by atoms with Crippen LogP contribution in [-0.2, 0) is 17.8 Å². The highest BCUT2D eigenvalue weighted by atomic mass is 32.2. The molecular weight excluding hydrogens is 372 g/mol. The lowest BCUT2D eigenvalue weighted by atomic mass is 10.3. The highest BCUT2D eigenvalue weighted by Gasteiger charge is 2.21. The normalized spacial score (nSPS) is 12.0. The molecule has 1 atom stereocenters. The van der Waals surface area contributed by atoms with E-state index in [2.05, 4.69) is 22.2 Å². The van der Waals surface area contributed by atoms with Crippen molar-refractivity contribution in [3.8, 4) is 0 Å². The third-order valence-corrected chi connectivity index (χ3v) is 5.82. The number of thioether (sulfide) groups is 1. The smallest absolute Gasteiger partial charge is 0.321 e. The second-order valence-electron chi connectivity index (χ2n) is 5.49. The maximum absolute atomic E-state index is 12.8. The van der Waals surface area contributed by atoms with Crippen molar-refractivity contribution >= 4 is 45.3 Å². The van der Waals surface area contributed by atoms with Crippen LogP contribution in [0.1, 0.15) is 25.6 Å². The summed E-state index contributed by atoms with van der Waals surface area (Å²) in [6, 6.07) is 1.33. The van der Waals surface area contributed by atoms with Gasteiger partial charge in [-0.15, -0.1) is 17.9 Å². The average molecular weight is 395 g/mol. The summed E-state index contributed by atoms with van der Waals surface area (Å²) < 4.78 is 1.50. The number of carbonyl (C=O) groups is 2. The van der Waals surface area contributed by atoms with Gasteiger partial charge in [-0.2, -0.15) is 0 Å². The van der Waals surface area contributed by atoms with Crippen molar-refractivity contribution in [1.29, 1.82) is 0 Å². The molecule has 2 N–H and O–H groups in total. The number of aromatic nitrogens is 2. The number of allylic oxidation sites excluding steroid dienone is 1. The second kappa shape index (κ2) is 9.00. The summed E-state index contributed by atoms with van der Waals surface area (Å²) in [6.07, 6.45) is 2.45. The van der Waals surface area contributed by atoms with Gasteiger partial charge in [-0.25, -0.2) is 9.78 Å². The molecule has 0 aliphatic rings. The van der Waals surface area contributed by atoms with Crippen molar-refractivity contribution in [3.05, 3.63) is 34.0 Å². The first-order valence-electron chi connectivity index (χ1n) is 8.30. The molecule has 3 amide bonds. The molecule has 0 radical (unpaired) electrons. The van der Waals surface area contributed by atoms with Gasteiger partial charge in [-0.1, -0.05) is 24.8 Å². The number of nitrogens with one attached hydrogen (secondary N) is 2. The lowest BCUT2D eigenvalue weighted by molar-refractivity contribution is -0.119. The van der Waals surface area contributed by atoms with Crippen LogP contribution in [0.4, 0.5) is 4.79 Å². The molecule has 26 heavy (non-hydrogen) atoms. The molecule has 0 fully saturated rings. The Morgan fingerprint density at radius 2 is 2.19 bits per heavy atom. The van der Waals surface area contributed by atoms with E-state index in [1.807, 2.05) is 13.0 Å². The van der Waals surface area contributed by atoms with Gasteiger partial charge in [0.15, 0.2) is 5.16 Å². The van der Waals surface area contributed by atoms with E-state index in [1.54, 1.807) is 19.9 Å². The first-order valence-corrected chi connectivity index (χ1v) is 10.00. The minimum absolute atomic E-state index is 0.148. The fraction of sp³-hybridized carbons (Fsp3) is 0.412. The summed E-state index contributed by atoms with van der Waals surface area (Å²) >= 11 is 2.62. The standard InChI is InChI=1S/C17H22N4O3S2/c1-5-8-21-15(23)12-9-11(6-2)26-14(12)20-17(21)25-10(4)13(22)19-16(24)18-7-3/h5,9-10H,1,6-8H2,2-4H3,(H2,18,19,22,24)/t10-/m0/s1. The van der Waals surface area contributed by atoms with Gasteiger partial charge in [-0.3, -0.25) is 19.5 Å². The molecule has 0 aliphatic heterocycles. The first-order chi connectivity index (χ1) is 12.4. The van der Waals surface area contributed by atoms with Gasteiger partial charge in [0.1, 0.15) is 4.83 Å². The predicted molar refractivity (Wildman–Crippen MR) is 106 cm³/mol. The Hall–Kier alpha value is -2.13. The number of rotatable bonds is 7. The number of imide groups is 1. The largest absolute Gasteiger partial charge is 0.338 e. The van der Waals surface area contributed by atoms with Crippen LogP contribution >= 0.6 is 23.1 Å². The van der Waals surface area contributed by atoms with Gasteiger partial charge in [-0.05, 0) is 26.3 Å². The maximum Gasteiger partial charge on any atom is 0.321 e. The minimum atomic E-state index is -0.594. The van der Waals surface area contributed by atoms with Crippen LogP contribution in [0.5, 0.6) is 0 Å². The van der Waals surface area contributed by atoms with Crippen LogP contribution in [0.25, 0.3) is 10.2 Å². The van der Waals surface area contributed by atoms with E-state index in [0.29, 0.717) is 28.5 Å².